The highest BCUT2D eigenvalue weighted by Crippen LogP contribution is 2.27. The van der Waals surface area contributed by atoms with Gasteiger partial charge in [-0.2, -0.15) is 0 Å². The lowest BCUT2D eigenvalue weighted by Crippen LogP contribution is -2.19. The number of rotatable bonds is 6. The van der Waals surface area contributed by atoms with Gasteiger partial charge >= 0.3 is 6.03 Å². The molecule has 4 aromatic rings. The summed E-state index contributed by atoms with van der Waals surface area (Å²) < 4.78 is 5.66. The highest BCUT2D eigenvalue weighted by molar-refractivity contribution is 5.99. The maximum Gasteiger partial charge on any atom is 0.323 e. The third kappa shape index (κ3) is 4.41. The van der Waals surface area contributed by atoms with Crippen LogP contribution >= 0.6 is 0 Å². The number of amides is 2. The Kier molecular flexibility index (Phi) is 5.61. The van der Waals surface area contributed by atoms with Crippen molar-refractivity contribution in [3.05, 3.63) is 77.8 Å². The second-order valence-corrected chi connectivity index (χ2v) is 7.00. The first kappa shape index (κ1) is 19.4. The second-order valence-electron chi connectivity index (χ2n) is 7.00. The molecule has 0 saturated heterocycles. The summed E-state index contributed by atoms with van der Waals surface area (Å²) in [5.74, 6) is 1.64. The topological polar surface area (TPSA) is 92.1 Å². The Morgan fingerprint density at radius 1 is 0.933 bits per heavy atom. The van der Waals surface area contributed by atoms with Crippen LogP contribution in [0, 0.1) is 13.8 Å². The summed E-state index contributed by atoms with van der Waals surface area (Å²) in [5, 5.41) is 9.94. The monoisotopic (exact) mass is 401 g/mol. The zero-order chi connectivity index (χ0) is 20.9. The van der Waals surface area contributed by atoms with Crippen molar-refractivity contribution in [3.8, 4) is 0 Å². The summed E-state index contributed by atoms with van der Waals surface area (Å²) in [6.07, 6.45) is 2.33. The maximum absolute atomic E-state index is 12.1. The number of fused-ring (bicyclic) bond motifs is 1. The van der Waals surface area contributed by atoms with Crippen molar-refractivity contribution < 1.29 is 9.21 Å². The average molecular weight is 401 g/mol. The van der Waals surface area contributed by atoms with Crippen molar-refractivity contribution in [2.45, 2.75) is 20.3 Å². The van der Waals surface area contributed by atoms with Crippen molar-refractivity contribution in [3.63, 3.8) is 0 Å². The smallest absolute Gasteiger partial charge is 0.323 e. The van der Waals surface area contributed by atoms with Crippen molar-refractivity contribution in [1.82, 2.24) is 9.97 Å². The first-order valence-electron chi connectivity index (χ1n) is 9.77. The maximum atomic E-state index is 12.1. The average Bonchev–Trinajstić information content (AvgIpc) is 3.04. The van der Waals surface area contributed by atoms with Gasteiger partial charge in [0.25, 0.3) is 0 Å². The van der Waals surface area contributed by atoms with E-state index in [0.717, 1.165) is 52.4 Å². The molecule has 30 heavy (non-hydrogen) atoms. The molecule has 3 N–H and O–H groups in total. The summed E-state index contributed by atoms with van der Waals surface area (Å²) in [6, 6.07) is 16.9. The predicted octanol–water partition coefficient (Wildman–Crippen LogP) is 5.14. The van der Waals surface area contributed by atoms with Crippen molar-refractivity contribution in [2.75, 3.05) is 22.5 Å². The molecule has 0 aliphatic carbocycles. The quantitative estimate of drug-likeness (QED) is 0.416. The Hall–Kier alpha value is -3.87. The number of nitrogens with one attached hydrogen (secondary N) is 3. The van der Waals surface area contributed by atoms with Crippen molar-refractivity contribution >= 4 is 34.3 Å². The van der Waals surface area contributed by atoms with Crippen LogP contribution in [0.3, 0.4) is 0 Å². The first-order valence-corrected chi connectivity index (χ1v) is 9.77. The van der Waals surface area contributed by atoms with Gasteiger partial charge in [-0.1, -0.05) is 30.3 Å². The van der Waals surface area contributed by atoms with Gasteiger partial charge in [0.2, 0.25) is 5.71 Å². The summed E-state index contributed by atoms with van der Waals surface area (Å²) in [4.78, 5) is 20.6. The normalized spacial score (nSPS) is 10.7. The Labute approximate surface area is 174 Å². The van der Waals surface area contributed by atoms with E-state index >= 15 is 0 Å². The van der Waals surface area contributed by atoms with Crippen LogP contribution in [-0.4, -0.2) is 22.5 Å². The second kappa shape index (κ2) is 8.65. The van der Waals surface area contributed by atoms with Crippen molar-refractivity contribution in [2.24, 2.45) is 0 Å². The number of hydrogen-bond acceptors (Lipinski definition) is 5. The van der Waals surface area contributed by atoms with E-state index in [2.05, 4.69) is 25.9 Å². The van der Waals surface area contributed by atoms with E-state index in [1.165, 1.54) is 6.33 Å². The minimum Gasteiger partial charge on any atom is -0.443 e. The zero-order valence-corrected chi connectivity index (χ0v) is 16.9. The summed E-state index contributed by atoms with van der Waals surface area (Å²) >= 11 is 0. The molecule has 0 radical (unpaired) electrons. The fraction of sp³-hybridized carbons (Fsp3) is 0.174. The number of aromatic nitrogens is 2. The molecule has 0 fully saturated rings. The molecule has 0 bridgehead atoms. The van der Waals surface area contributed by atoms with E-state index in [4.69, 9.17) is 4.42 Å². The number of carbonyl (C=O) groups excluding carboxylic acids is 1. The third-order valence-corrected chi connectivity index (χ3v) is 4.91. The van der Waals surface area contributed by atoms with Gasteiger partial charge in [0.15, 0.2) is 0 Å². The number of urea groups is 1. The Morgan fingerprint density at radius 3 is 2.37 bits per heavy atom. The molecule has 0 unspecified atom stereocenters. The van der Waals surface area contributed by atoms with Gasteiger partial charge in [0, 0.05) is 23.5 Å². The molecule has 2 aromatic carbocycles. The van der Waals surface area contributed by atoms with Crippen LogP contribution < -0.4 is 16.0 Å². The number of aryl methyl sites for hydroxylation is 2. The van der Waals surface area contributed by atoms with Crippen molar-refractivity contribution in [1.29, 1.82) is 0 Å². The molecule has 2 aromatic heterocycles. The number of nitrogens with zero attached hydrogens (tertiary/aromatic N) is 2. The Balaban J connectivity index is 1.32. The third-order valence-electron chi connectivity index (χ3n) is 4.91. The summed E-state index contributed by atoms with van der Waals surface area (Å²) in [6.45, 7) is 4.66. The van der Waals surface area contributed by atoms with Gasteiger partial charge in [-0.25, -0.2) is 14.8 Å². The van der Waals surface area contributed by atoms with E-state index in [-0.39, 0.29) is 6.03 Å². The minimum absolute atomic E-state index is 0.269. The molecule has 2 heterocycles. The number of benzene rings is 2. The molecular formula is C23H23N5O2. The van der Waals surface area contributed by atoms with Gasteiger partial charge in [-0.15, -0.1) is 0 Å². The highest BCUT2D eigenvalue weighted by Gasteiger charge is 2.13. The number of para-hydroxylation sites is 1. The van der Waals surface area contributed by atoms with E-state index in [1.54, 1.807) is 0 Å². The molecule has 0 saturated carbocycles. The molecule has 2 amide bonds. The number of carbonyl (C=O) groups is 1. The van der Waals surface area contributed by atoms with Crippen LogP contribution in [0.2, 0.25) is 0 Å². The van der Waals surface area contributed by atoms with Gasteiger partial charge in [-0.3, -0.25) is 0 Å². The number of furan rings is 1. The van der Waals surface area contributed by atoms with Gasteiger partial charge in [0.1, 0.15) is 17.9 Å². The summed E-state index contributed by atoms with van der Waals surface area (Å²) in [7, 11) is 0. The van der Waals surface area contributed by atoms with Crippen LogP contribution in [0.25, 0.3) is 11.1 Å². The lowest BCUT2D eigenvalue weighted by Gasteiger charge is -2.09. The molecule has 7 heteroatoms. The van der Waals surface area contributed by atoms with Crippen LogP contribution in [0.4, 0.5) is 22.0 Å². The number of hydrogen-bond donors (Lipinski definition) is 3. The van der Waals surface area contributed by atoms with Gasteiger partial charge in [0.05, 0.1) is 5.39 Å². The number of anilines is 3. The van der Waals surface area contributed by atoms with E-state index in [1.807, 2.05) is 68.4 Å². The van der Waals surface area contributed by atoms with Crippen LogP contribution in [-0.2, 0) is 6.42 Å². The molecule has 0 aliphatic heterocycles. The van der Waals surface area contributed by atoms with Crippen LogP contribution in [0.1, 0.15) is 16.9 Å². The highest BCUT2D eigenvalue weighted by atomic mass is 16.3. The predicted molar refractivity (Wildman–Crippen MR) is 119 cm³/mol. The van der Waals surface area contributed by atoms with Gasteiger partial charge in [-0.05, 0) is 50.1 Å². The minimum atomic E-state index is -0.269. The lowest BCUT2D eigenvalue weighted by molar-refractivity contribution is 0.262. The standard InChI is InChI=1S/C23H23N5O2/c1-15-16(2)30-22-20(15)21(25-14-26-22)24-13-12-17-8-10-19(11-9-17)28-23(29)27-18-6-4-3-5-7-18/h3-11,14H,12-13H2,1-2H3,(H,24,25,26)(H2,27,28,29). The Morgan fingerprint density at radius 2 is 1.63 bits per heavy atom. The fourth-order valence-electron chi connectivity index (χ4n) is 3.21. The van der Waals surface area contributed by atoms with E-state index < -0.39 is 0 Å². The molecule has 152 valence electrons. The lowest BCUT2D eigenvalue weighted by atomic mass is 10.1. The molecule has 4 rings (SSSR count). The largest absolute Gasteiger partial charge is 0.443 e. The van der Waals surface area contributed by atoms with E-state index in [9.17, 15) is 4.79 Å². The van der Waals surface area contributed by atoms with Gasteiger partial charge < -0.3 is 20.4 Å². The fourth-order valence-corrected chi connectivity index (χ4v) is 3.21. The zero-order valence-electron chi connectivity index (χ0n) is 16.9. The SMILES string of the molecule is Cc1oc2ncnc(NCCc3ccc(NC(=O)Nc4ccccc4)cc3)c2c1C. The van der Waals surface area contributed by atoms with Crippen LogP contribution in [0.15, 0.2) is 65.3 Å². The molecule has 7 nitrogen and oxygen atoms in total. The molecule has 0 spiro atoms. The first-order chi connectivity index (χ1) is 14.6. The molecular weight excluding hydrogens is 378 g/mol. The van der Waals surface area contributed by atoms with Crippen LogP contribution in [0.5, 0.6) is 0 Å². The molecule has 0 atom stereocenters. The summed E-state index contributed by atoms with van der Waals surface area (Å²) in [5.41, 5.74) is 4.30. The Bertz CT molecular complexity index is 1150. The van der Waals surface area contributed by atoms with E-state index in [0.29, 0.717) is 5.71 Å². The molecule has 0 aliphatic rings.